The van der Waals surface area contributed by atoms with E-state index >= 15 is 0 Å². The molecule has 0 amide bonds. The van der Waals surface area contributed by atoms with Gasteiger partial charge in [-0.2, -0.15) is 0 Å². The van der Waals surface area contributed by atoms with Crippen LogP contribution in [0.25, 0.3) is 149 Å². The summed E-state index contributed by atoms with van der Waals surface area (Å²) in [6.07, 6.45) is 0. The molecule has 15 rings (SSSR count). The topological polar surface area (TPSA) is 0 Å². The minimum absolute atomic E-state index is 1.23. The Hall–Kier alpha value is -8.14. The predicted octanol–water partition coefficient (Wildman–Crippen LogP) is 20.0. The molecule has 68 heavy (non-hydrogen) atoms. The van der Waals surface area contributed by atoms with Crippen molar-refractivity contribution >= 4 is 128 Å². The third-order valence-electron chi connectivity index (χ3n) is 14.6. The van der Waals surface area contributed by atoms with Crippen molar-refractivity contribution in [2.24, 2.45) is 0 Å². The maximum atomic E-state index is 2.57. The zero-order valence-electron chi connectivity index (χ0n) is 36.8. The molecular weight excluding hydrogens is 857 g/mol. The molecule has 314 valence electrons. The van der Waals surface area contributed by atoms with Crippen molar-refractivity contribution in [3.8, 4) is 44.5 Å². The van der Waals surface area contributed by atoms with Gasteiger partial charge in [0.1, 0.15) is 0 Å². The second-order valence-electron chi connectivity index (χ2n) is 18.2. The van der Waals surface area contributed by atoms with Crippen LogP contribution in [0, 0.1) is 0 Å². The van der Waals surface area contributed by atoms with Crippen LogP contribution in [0.2, 0.25) is 0 Å². The molecule has 0 N–H and O–H groups in total. The summed E-state index contributed by atoms with van der Waals surface area (Å²) < 4.78 is 5.28. The number of fused-ring (bicyclic) bond motifs is 14. The van der Waals surface area contributed by atoms with Crippen molar-refractivity contribution in [2.75, 3.05) is 0 Å². The molecule has 0 saturated heterocycles. The molecule has 0 atom stereocenters. The molecule has 15 aromatic rings. The first-order valence-electron chi connectivity index (χ1n) is 23.4. The molecule has 0 aliphatic carbocycles. The Labute approximate surface area is 400 Å². The number of benzene rings is 13. The molecule has 0 unspecified atom stereocenters. The van der Waals surface area contributed by atoms with E-state index in [2.05, 4.69) is 231 Å². The Morgan fingerprint density at radius 2 is 0.574 bits per heavy atom. The van der Waals surface area contributed by atoms with E-state index in [0.717, 1.165) is 0 Å². The van der Waals surface area contributed by atoms with Crippen molar-refractivity contribution in [2.45, 2.75) is 0 Å². The standard InChI is InChI=1S/C66H38S2/c1-3-19-39(20-4-1)58-44-25-9-13-29-48(44)61(49-30-14-10-26-45(49)58)54-36-43-37-55(62-50-31-15-11-27-46(50)59(40-21-5-2-6-22-40)47-28-12-16-32-51(47)62)66-64(53-35-41-23-7-8-24-42(41)38-57(53)68-66)60(43)63-52-33-17-18-34-56(52)67-65(54)63/h1-38H. The molecule has 0 aliphatic rings. The van der Waals surface area contributed by atoms with E-state index in [1.54, 1.807) is 0 Å². The molecule has 13 aromatic carbocycles. The summed E-state index contributed by atoms with van der Waals surface area (Å²) in [6.45, 7) is 0. The monoisotopic (exact) mass is 894 g/mol. The highest BCUT2D eigenvalue weighted by atomic mass is 32.1. The predicted molar refractivity (Wildman–Crippen MR) is 299 cm³/mol. The summed E-state index contributed by atoms with van der Waals surface area (Å²) in [4.78, 5) is 0. The fraction of sp³-hybridized carbons (Fsp3) is 0. The Morgan fingerprint density at radius 3 is 1.04 bits per heavy atom. The lowest BCUT2D eigenvalue weighted by Gasteiger charge is -2.20. The minimum atomic E-state index is 1.23. The van der Waals surface area contributed by atoms with Gasteiger partial charge in [-0.25, -0.2) is 0 Å². The van der Waals surface area contributed by atoms with E-state index in [1.807, 2.05) is 22.7 Å². The Bertz CT molecular complexity index is 4480. The molecule has 0 radical (unpaired) electrons. The van der Waals surface area contributed by atoms with Crippen LogP contribution in [0.15, 0.2) is 231 Å². The van der Waals surface area contributed by atoms with Crippen LogP contribution in [-0.4, -0.2) is 0 Å². The van der Waals surface area contributed by atoms with Gasteiger partial charge < -0.3 is 0 Å². The average molecular weight is 895 g/mol. The van der Waals surface area contributed by atoms with Gasteiger partial charge >= 0.3 is 0 Å². The first-order chi connectivity index (χ1) is 33.8. The van der Waals surface area contributed by atoms with Gasteiger partial charge in [0.25, 0.3) is 0 Å². The minimum Gasteiger partial charge on any atom is -0.135 e. The first kappa shape index (κ1) is 38.0. The van der Waals surface area contributed by atoms with Gasteiger partial charge in [-0.15, -0.1) is 22.7 Å². The van der Waals surface area contributed by atoms with E-state index in [-0.39, 0.29) is 0 Å². The van der Waals surface area contributed by atoms with Crippen molar-refractivity contribution in [1.82, 2.24) is 0 Å². The zero-order chi connectivity index (χ0) is 44.5. The van der Waals surface area contributed by atoms with Crippen molar-refractivity contribution < 1.29 is 0 Å². The van der Waals surface area contributed by atoms with Crippen molar-refractivity contribution in [3.63, 3.8) is 0 Å². The average Bonchev–Trinajstić information content (AvgIpc) is 3.98. The Kier molecular flexibility index (Phi) is 8.21. The van der Waals surface area contributed by atoms with Gasteiger partial charge in [-0.1, -0.05) is 200 Å². The van der Waals surface area contributed by atoms with E-state index in [9.17, 15) is 0 Å². The normalized spacial score (nSPS) is 12.1. The molecule has 0 aliphatic heterocycles. The summed E-state index contributed by atoms with van der Waals surface area (Å²) in [5, 5.41) is 20.6. The molecule has 0 bridgehead atoms. The number of rotatable bonds is 4. The molecule has 2 heteroatoms. The molecule has 0 fully saturated rings. The van der Waals surface area contributed by atoms with E-state index < -0.39 is 0 Å². The Morgan fingerprint density at radius 1 is 0.221 bits per heavy atom. The molecular formula is C66H38S2. The third kappa shape index (κ3) is 5.42. The second kappa shape index (κ2) is 14.7. The van der Waals surface area contributed by atoms with Crippen LogP contribution in [0.3, 0.4) is 0 Å². The fourth-order valence-electron chi connectivity index (χ4n) is 11.8. The van der Waals surface area contributed by atoms with Crippen LogP contribution in [-0.2, 0) is 0 Å². The lowest BCUT2D eigenvalue weighted by Crippen LogP contribution is -1.93. The quantitative estimate of drug-likeness (QED) is 0.154. The molecule has 2 heterocycles. The van der Waals surface area contributed by atoms with Crippen LogP contribution in [0.4, 0.5) is 0 Å². The van der Waals surface area contributed by atoms with Crippen LogP contribution in [0.1, 0.15) is 0 Å². The fourth-order valence-corrected chi connectivity index (χ4v) is 14.3. The van der Waals surface area contributed by atoms with Gasteiger partial charge in [0.05, 0.1) is 0 Å². The molecule has 0 spiro atoms. The summed E-state index contributed by atoms with van der Waals surface area (Å²) in [7, 11) is 0. The highest BCUT2D eigenvalue weighted by Crippen LogP contribution is 2.55. The third-order valence-corrected chi connectivity index (χ3v) is 16.9. The number of thiophene rings is 2. The highest BCUT2D eigenvalue weighted by Gasteiger charge is 2.26. The molecule has 0 saturated carbocycles. The SMILES string of the molecule is c1ccc(-c2c3ccccc3c(-c3cc4cc(-c5c6ccccc6c(-c6ccccc6)c6ccccc56)c5sc6cc7ccccc7cc6c5c4c4c3sc3ccccc34)c3ccccc23)cc1. The van der Waals surface area contributed by atoms with E-state index in [0.29, 0.717) is 0 Å². The van der Waals surface area contributed by atoms with Crippen LogP contribution >= 0.6 is 22.7 Å². The van der Waals surface area contributed by atoms with Gasteiger partial charge in [0.15, 0.2) is 0 Å². The van der Waals surface area contributed by atoms with Crippen molar-refractivity contribution in [1.29, 1.82) is 0 Å². The molecule has 0 nitrogen and oxygen atoms in total. The van der Waals surface area contributed by atoms with Gasteiger partial charge in [-0.05, 0) is 123 Å². The zero-order valence-corrected chi connectivity index (χ0v) is 38.4. The number of hydrogen-bond acceptors (Lipinski definition) is 2. The lowest BCUT2D eigenvalue weighted by molar-refractivity contribution is 1.67. The van der Waals surface area contributed by atoms with Gasteiger partial charge in [-0.3, -0.25) is 0 Å². The van der Waals surface area contributed by atoms with Crippen molar-refractivity contribution in [3.05, 3.63) is 231 Å². The maximum absolute atomic E-state index is 2.57. The second-order valence-corrected chi connectivity index (χ2v) is 20.3. The summed E-state index contributed by atoms with van der Waals surface area (Å²) in [6, 6.07) is 86.4. The van der Waals surface area contributed by atoms with Gasteiger partial charge in [0.2, 0.25) is 0 Å². The summed E-state index contributed by atoms with van der Waals surface area (Å²) in [5.41, 5.74) is 10.2. The van der Waals surface area contributed by atoms with Crippen LogP contribution in [0.5, 0.6) is 0 Å². The smallest absolute Gasteiger partial charge is 0.0440 e. The lowest BCUT2D eigenvalue weighted by atomic mass is 9.83. The van der Waals surface area contributed by atoms with Gasteiger partial charge in [0, 0.05) is 56.9 Å². The summed E-state index contributed by atoms with van der Waals surface area (Å²) in [5.74, 6) is 0. The summed E-state index contributed by atoms with van der Waals surface area (Å²) >= 11 is 3.90. The van der Waals surface area contributed by atoms with Crippen LogP contribution < -0.4 is 0 Å². The number of hydrogen-bond donors (Lipinski definition) is 0. The first-order valence-corrected chi connectivity index (χ1v) is 25.0. The molecule has 2 aromatic heterocycles. The van der Waals surface area contributed by atoms with E-state index in [1.165, 1.54) is 149 Å². The highest BCUT2D eigenvalue weighted by molar-refractivity contribution is 7.27. The largest absolute Gasteiger partial charge is 0.135 e. The van der Waals surface area contributed by atoms with E-state index in [4.69, 9.17) is 0 Å². The Balaban J connectivity index is 1.17. The maximum Gasteiger partial charge on any atom is 0.0440 e.